The van der Waals surface area contributed by atoms with Gasteiger partial charge in [-0.25, -0.2) is 0 Å². The van der Waals surface area contributed by atoms with Crippen molar-refractivity contribution < 1.29 is 4.79 Å². The van der Waals surface area contributed by atoms with Crippen LogP contribution in [0, 0.1) is 0 Å². The van der Waals surface area contributed by atoms with Crippen molar-refractivity contribution in [1.29, 1.82) is 0 Å². The summed E-state index contributed by atoms with van der Waals surface area (Å²) in [5, 5.41) is 6.99. The zero-order valence-corrected chi connectivity index (χ0v) is 7.68. The summed E-state index contributed by atoms with van der Waals surface area (Å²) in [5.41, 5.74) is 1.93. The van der Waals surface area contributed by atoms with Gasteiger partial charge >= 0.3 is 0 Å². The molecule has 1 aromatic rings. The highest BCUT2D eigenvalue weighted by Gasteiger charge is 2.12. The number of hydrogen-bond donors (Lipinski definition) is 0. The van der Waals surface area contributed by atoms with Crippen LogP contribution in [-0.2, 0) is 11.2 Å². The minimum atomic E-state index is -0.194. The van der Waals surface area contributed by atoms with E-state index in [1.54, 1.807) is 6.20 Å². The molecule has 0 aromatic heterocycles. The molecule has 70 valence electrons. The molecule has 0 atom stereocenters. The van der Waals surface area contributed by atoms with Gasteiger partial charge in [-0.3, -0.25) is 4.79 Å². The molecule has 1 aliphatic rings. The molecule has 14 heavy (non-hydrogen) atoms. The van der Waals surface area contributed by atoms with Gasteiger partial charge in [-0.15, -0.1) is 5.11 Å². The lowest BCUT2D eigenvalue weighted by Crippen LogP contribution is -1.96. The van der Waals surface area contributed by atoms with E-state index in [2.05, 4.69) is 10.2 Å². The molecular weight excluding hydrogens is 176 g/mol. The molecule has 1 aliphatic heterocycles. The van der Waals surface area contributed by atoms with Crippen LogP contribution in [0.3, 0.4) is 0 Å². The van der Waals surface area contributed by atoms with E-state index < -0.39 is 0 Å². The Morgan fingerprint density at radius 3 is 2.50 bits per heavy atom. The first-order chi connectivity index (χ1) is 6.86. The van der Waals surface area contributed by atoms with Crippen LogP contribution in [0.4, 0.5) is 0 Å². The molecule has 1 amide bonds. The fraction of sp³-hybridized carbons (Fsp3) is 0.182. The number of aryl methyl sites for hydroxylation is 1. The molecule has 0 spiro atoms. The molecule has 1 aromatic carbocycles. The Hall–Kier alpha value is -1.77. The van der Waals surface area contributed by atoms with Gasteiger partial charge in [-0.2, -0.15) is 5.11 Å². The van der Waals surface area contributed by atoms with E-state index in [-0.39, 0.29) is 5.91 Å². The summed E-state index contributed by atoms with van der Waals surface area (Å²) in [4.78, 5) is 11.1. The van der Waals surface area contributed by atoms with Gasteiger partial charge in [-0.05, 0) is 18.4 Å². The summed E-state index contributed by atoms with van der Waals surface area (Å²) < 4.78 is 0. The van der Waals surface area contributed by atoms with Gasteiger partial charge in [0, 0.05) is 5.57 Å². The molecule has 0 unspecified atom stereocenters. The molecule has 0 saturated heterocycles. The minimum Gasteiger partial charge on any atom is -0.265 e. The second kappa shape index (κ2) is 3.96. The van der Waals surface area contributed by atoms with E-state index in [0.717, 1.165) is 12.8 Å². The van der Waals surface area contributed by atoms with E-state index >= 15 is 0 Å². The average Bonchev–Trinajstić information content (AvgIpc) is 2.63. The van der Waals surface area contributed by atoms with E-state index in [0.29, 0.717) is 5.57 Å². The third-order valence-corrected chi connectivity index (χ3v) is 2.16. The van der Waals surface area contributed by atoms with Gasteiger partial charge in [0.05, 0.1) is 6.20 Å². The van der Waals surface area contributed by atoms with Crippen LogP contribution < -0.4 is 0 Å². The largest absolute Gasteiger partial charge is 0.292 e. The highest BCUT2D eigenvalue weighted by Crippen LogP contribution is 2.14. The highest BCUT2D eigenvalue weighted by atomic mass is 16.2. The van der Waals surface area contributed by atoms with Crippen molar-refractivity contribution in [2.24, 2.45) is 10.2 Å². The fourth-order valence-electron chi connectivity index (χ4n) is 1.37. The molecular formula is C11H10N2O. The van der Waals surface area contributed by atoms with Crippen LogP contribution in [0.1, 0.15) is 12.0 Å². The van der Waals surface area contributed by atoms with Crippen LogP contribution in [0.2, 0.25) is 0 Å². The number of amides is 1. The number of carbonyl (C=O) groups excluding carboxylic acids is 1. The first kappa shape index (κ1) is 8.81. The SMILES string of the molecule is O=C1N=NC=C1CCc1ccccc1. The molecule has 2 rings (SSSR count). The van der Waals surface area contributed by atoms with Crippen LogP contribution in [0.5, 0.6) is 0 Å². The van der Waals surface area contributed by atoms with Crippen LogP contribution in [0.25, 0.3) is 0 Å². The Morgan fingerprint density at radius 2 is 1.86 bits per heavy atom. The summed E-state index contributed by atoms with van der Waals surface area (Å²) in [5.74, 6) is -0.194. The lowest BCUT2D eigenvalue weighted by atomic mass is 10.1. The van der Waals surface area contributed by atoms with Gasteiger partial charge in [0.15, 0.2) is 0 Å². The lowest BCUT2D eigenvalue weighted by Gasteiger charge is -1.99. The Bertz CT molecular complexity index is 393. The summed E-state index contributed by atoms with van der Waals surface area (Å²) in [6, 6.07) is 10.1. The smallest absolute Gasteiger partial charge is 0.265 e. The van der Waals surface area contributed by atoms with Crippen molar-refractivity contribution >= 4 is 5.91 Å². The Balaban J connectivity index is 1.93. The molecule has 1 heterocycles. The van der Waals surface area contributed by atoms with E-state index in [4.69, 9.17) is 0 Å². The first-order valence-electron chi connectivity index (χ1n) is 4.54. The maximum atomic E-state index is 11.1. The number of rotatable bonds is 3. The summed E-state index contributed by atoms with van der Waals surface area (Å²) in [6.07, 6.45) is 3.13. The normalized spacial score (nSPS) is 14.6. The van der Waals surface area contributed by atoms with Crippen molar-refractivity contribution in [3.63, 3.8) is 0 Å². The van der Waals surface area contributed by atoms with Crippen molar-refractivity contribution in [1.82, 2.24) is 0 Å². The third-order valence-electron chi connectivity index (χ3n) is 2.16. The Morgan fingerprint density at radius 1 is 1.07 bits per heavy atom. The monoisotopic (exact) mass is 186 g/mol. The van der Waals surface area contributed by atoms with Crippen molar-refractivity contribution in [2.45, 2.75) is 12.8 Å². The molecule has 0 fully saturated rings. The van der Waals surface area contributed by atoms with E-state index in [1.165, 1.54) is 5.56 Å². The lowest BCUT2D eigenvalue weighted by molar-refractivity contribution is -0.114. The molecule has 0 bridgehead atoms. The predicted molar refractivity (Wildman–Crippen MR) is 52.7 cm³/mol. The quantitative estimate of drug-likeness (QED) is 0.715. The standard InChI is InChI=1S/C11H10N2O/c14-11-10(8-12-13-11)7-6-9-4-2-1-3-5-9/h1-5,8H,6-7H2. The number of hydrogen-bond acceptors (Lipinski definition) is 2. The summed E-state index contributed by atoms with van der Waals surface area (Å²) in [6.45, 7) is 0. The molecule has 3 nitrogen and oxygen atoms in total. The third kappa shape index (κ3) is 1.93. The Kier molecular flexibility index (Phi) is 2.49. The molecule has 0 saturated carbocycles. The average molecular weight is 186 g/mol. The van der Waals surface area contributed by atoms with Gasteiger partial charge in [0.2, 0.25) is 0 Å². The van der Waals surface area contributed by atoms with Gasteiger partial charge in [-0.1, -0.05) is 30.3 Å². The predicted octanol–water partition coefficient (Wildman–Crippen LogP) is 2.50. The van der Waals surface area contributed by atoms with Gasteiger partial charge in [0.1, 0.15) is 0 Å². The maximum absolute atomic E-state index is 11.1. The van der Waals surface area contributed by atoms with Crippen molar-refractivity contribution in [2.75, 3.05) is 0 Å². The number of benzene rings is 1. The molecule has 3 heteroatoms. The number of nitrogens with zero attached hydrogens (tertiary/aromatic N) is 2. The van der Waals surface area contributed by atoms with E-state index in [1.807, 2.05) is 30.3 Å². The van der Waals surface area contributed by atoms with Crippen LogP contribution >= 0.6 is 0 Å². The highest BCUT2D eigenvalue weighted by molar-refractivity contribution is 5.95. The second-order valence-corrected chi connectivity index (χ2v) is 3.16. The number of carbonyl (C=O) groups is 1. The van der Waals surface area contributed by atoms with Crippen molar-refractivity contribution in [3.8, 4) is 0 Å². The van der Waals surface area contributed by atoms with Gasteiger partial charge in [0.25, 0.3) is 5.91 Å². The van der Waals surface area contributed by atoms with Gasteiger partial charge < -0.3 is 0 Å². The molecule has 0 radical (unpaired) electrons. The zero-order chi connectivity index (χ0) is 9.80. The van der Waals surface area contributed by atoms with Crippen LogP contribution in [0.15, 0.2) is 52.3 Å². The minimum absolute atomic E-state index is 0.194. The van der Waals surface area contributed by atoms with E-state index in [9.17, 15) is 4.79 Å². The summed E-state index contributed by atoms with van der Waals surface area (Å²) >= 11 is 0. The molecule has 0 aliphatic carbocycles. The zero-order valence-electron chi connectivity index (χ0n) is 7.68. The topological polar surface area (TPSA) is 41.8 Å². The number of azo groups is 1. The summed E-state index contributed by atoms with van der Waals surface area (Å²) in [7, 11) is 0. The van der Waals surface area contributed by atoms with Crippen LogP contribution in [-0.4, -0.2) is 5.91 Å². The van der Waals surface area contributed by atoms with Crippen molar-refractivity contribution in [3.05, 3.63) is 47.7 Å². The molecule has 0 N–H and O–H groups in total. The Labute approximate surface area is 82.2 Å². The second-order valence-electron chi connectivity index (χ2n) is 3.16. The fourth-order valence-corrected chi connectivity index (χ4v) is 1.37. The first-order valence-corrected chi connectivity index (χ1v) is 4.54. The maximum Gasteiger partial charge on any atom is 0.292 e.